The Bertz CT molecular complexity index is 637. The smallest absolute Gasteiger partial charge is 0.156 e. The molecule has 1 aromatic carbocycles. The minimum atomic E-state index is 0.610. The average Bonchev–Trinajstić information content (AvgIpc) is 2.40. The van der Waals surface area contributed by atoms with E-state index in [0.717, 1.165) is 16.6 Å². The lowest BCUT2D eigenvalue weighted by Crippen LogP contribution is -1.99. The Morgan fingerprint density at radius 3 is 2.76 bits per heavy atom. The Hall–Kier alpha value is -2.36. The van der Waals surface area contributed by atoms with Gasteiger partial charge in [0.15, 0.2) is 5.82 Å². The van der Waals surface area contributed by atoms with Crippen molar-refractivity contribution in [2.75, 3.05) is 0 Å². The number of aromatic nitrogens is 4. The van der Waals surface area contributed by atoms with Crippen molar-refractivity contribution in [3.63, 3.8) is 0 Å². The molecule has 0 fully saturated rings. The van der Waals surface area contributed by atoms with Crippen LogP contribution in [0.5, 0.6) is 0 Å². The zero-order valence-electron chi connectivity index (χ0n) is 9.11. The Kier molecular flexibility index (Phi) is 2.46. The summed E-state index contributed by atoms with van der Waals surface area (Å²) < 4.78 is 0. The highest BCUT2D eigenvalue weighted by molar-refractivity contribution is 5.78. The highest BCUT2D eigenvalue weighted by atomic mass is 15.1. The molecule has 0 saturated carbocycles. The third-order valence-corrected chi connectivity index (χ3v) is 2.53. The number of para-hydroxylation sites is 1. The van der Waals surface area contributed by atoms with Gasteiger partial charge in [0.2, 0.25) is 0 Å². The lowest BCUT2D eigenvalue weighted by Gasteiger charge is -2.01. The molecule has 17 heavy (non-hydrogen) atoms. The molecule has 2 heterocycles. The molecule has 0 radical (unpaired) electrons. The second-order valence-corrected chi connectivity index (χ2v) is 3.73. The normalized spacial score (nSPS) is 10.6. The van der Waals surface area contributed by atoms with Crippen molar-refractivity contribution in [2.24, 2.45) is 0 Å². The van der Waals surface area contributed by atoms with Crippen LogP contribution >= 0.6 is 0 Å². The fourth-order valence-corrected chi connectivity index (χ4v) is 1.72. The summed E-state index contributed by atoms with van der Waals surface area (Å²) in [5.74, 6) is 0.690. The summed E-state index contributed by atoms with van der Waals surface area (Å²) in [4.78, 5) is 8.70. The number of rotatable bonds is 2. The number of fused-ring (bicyclic) bond motifs is 1. The Morgan fingerprint density at radius 1 is 0.941 bits per heavy atom. The van der Waals surface area contributed by atoms with E-state index in [1.54, 1.807) is 12.4 Å². The maximum atomic E-state index is 4.56. The highest BCUT2D eigenvalue weighted by Gasteiger charge is 2.01. The Balaban J connectivity index is 1.96. The summed E-state index contributed by atoms with van der Waals surface area (Å²) in [5.41, 5.74) is 1.95. The second-order valence-electron chi connectivity index (χ2n) is 3.73. The first-order chi connectivity index (χ1) is 8.42. The molecule has 0 bridgehead atoms. The summed E-state index contributed by atoms with van der Waals surface area (Å²) in [6.07, 6.45) is 3.82. The van der Waals surface area contributed by atoms with Crippen LogP contribution in [-0.2, 0) is 6.42 Å². The van der Waals surface area contributed by atoms with Gasteiger partial charge in [0.05, 0.1) is 18.1 Å². The lowest BCUT2D eigenvalue weighted by molar-refractivity contribution is 0.853. The van der Waals surface area contributed by atoms with Crippen LogP contribution in [0.15, 0.2) is 48.8 Å². The number of pyridine rings is 1. The van der Waals surface area contributed by atoms with Crippen molar-refractivity contribution in [3.05, 3.63) is 60.3 Å². The fourth-order valence-electron chi connectivity index (χ4n) is 1.72. The summed E-state index contributed by atoms with van der Waals surface area (Å²) in [7, 11) is 0. The van der Waals surface area contributed by atoms with Gasteiger partial charge in [-0.2, -0.15) is 5.10 Å². The van der Waals surface area contributed by atoms with Crippen LogP contribution in [0.3, 0.4) is 0 Å². The highest BCUT2D eigenvalue weighted by Crippen LogP contribution is 2.12. The molecule has 82 valence electrons. The minimum Gasteiger partial charge on any atom is -0.252 e. The van der Waals surface area contributed by atoms with Crippen LogP contribution in [0.4, 0.5) is 0 Å². The maximum absolute atomic E-state index is 4.56. The molecule has 0 aliphatic rings. The number of benzene rings is 1. The molecule has 4 heteroatoms. The predicted molar refractivity (Wildman–Crippen MR) is 64.4 cm³/mol. The molecular weight excluding hydrogens is 212 g/mol. The SMILES string of the molecule is c1ccc2nc(Cc3nccnn3)ccc2c1. The second kappa shape index (κ2) is 4.25. The van der Waals surface area contributed by atoms with Crippen LogP contribution < -0.4 is 0 Å². The van der Waals surface area contributed by atoms with Crippen LogP contribution in [0.25, 0.3) is 10.9 Å². The van der Waals surface area contributed by atoms with Gasteiger partial charge < -0.3 is 0 Å². The third kappa shape index (κ3) is 2.10. The zero-order valence-corrected chi connectivity index (χ0v) is 9.11. The van der Waals surface area contributed by atoms with E-state index in [9.17, 15) is 0 Å². The summed E-state index contributed by atoms with van der Waals surface area (Å²) in [6.45, 7) is 0. The van der Waals surface area contributed by atoms with Crippen molar-refractivity contribution in [1.29, 1.82) is 0 Å². The van der Waals surface area contributed by atoms with Crippen LogP contribution in [0.1, 0.15) is 11.5 Å². The number of hydrogen-bond donors (Lipinski definition) is 0. The van der Waals surface area contributed by atoms with Crippen molar-refractivity contribution < 1.29 is 0 Å². The Labute approximate surface area is 98.4 Å². The molecule has 4 nitrogen and oxygen atoms in total. The van der Waals surface area contributed by atoms with Crippen molar-refractivity contribution in [1.82, 2.24) is 20.2 Å². The van der Waals surface area contributed by atoms with Gasteiger partial charge in [-0.05, 0) is 12.1 Å². The Morgan fingerprint density at radius 2 is 1.88 bits per heavy atom. The van der Waals surface area contributed by atoms with E-state index in [4.69, 9.17) is 0 Å². The van der Waals surface area contributed by atoms with E-state index < -0.39 is 0 Å². The summed E-state index contributed by atoms with van der Waals surface area (Å²) >= 11 is 0. The first kappa shape index (κ1) is 9.84. The van der Waals surface area contributed by atoms with E-state index in [1.807, 2.05) is 30.3 Å². The van der Waals surface area contributed by atoms with E-state index in [-0.39, 0.29) is 0 Å². The largest absolute Gasteiger partial charge is 0.252 e. The average molecular weight is 222 g/mol. The van der Waals surface area contributed by atoms with Crippen molar-refractivity contribution in [2.45, 2.75) is 6.42 Å². The first-order valence-corrected chi connectivity index (χ1v) is 5.39. The van der Waals surface area contributed by atoms with Gasteiger partial charge in [0.25, 0.3) is 0 Å². The third-order valence-electron chi connectivity index (χ3n) is 2.53. The predicted octanol–water partition coefficient (Wildman–Crippen LogP) is 2.01. The topological polar surface area (TPSA) is 51.6 Å². The van der Waals surface area contributed by atoms with Gasteiger partial charge in [0.1, 0.15) is 0 Å². The van der Waals surface area contributed by atoms with Gasteiger partial charge >= 0.3 is 0 Å². The fraction of sp³-hybridized carbons (Fsp3) is 0.0769. The molecule has 0 aliphatic heterocycles. The summed E-state index contributed by atoms with van der Waals surface area (Å²) in [6, 6.07) is 12.1. The van der Waals surface area contributed by atoms with Gasteiger partial charge in [0, 0.05) is 17.3 Å². The molecule has 2 aromatic heterocycles. The summed E-state index contributed by atoms with van der Waals surface area (Å²) in [5, 5.41) is 8.90. The maximum Gasteiger partial charge on any atom is 0.156 e. The molecule has 0 unspecified atom stereocenters. The van der Waals surface area contributed by atoms with Gasteiger partial charge in [-0.1, -0.05) is 24.3 Å². The molecule has 0 saturated heterocycles. The number of hydrogen-bond acceptors (Lipinski definition) is 4. The van der Waals surface area contributed by atoms with E-state index in [1.165, 1.54) is 0 Å². The molecule has 0 aliphatic carbocycles. The van der Waals surface area contributed by atoms with Gasteiger partial charge in [-0.15, -0.1) is 5.10 Å². The standard InChI is InChI=1S/C13H10N4/c1-2-4-12-10(3-1)5-6-11(16-12)9-13-14-7-8-15-17-13/h1-8H,9H2. The monoisotopic (exact) mass is 222 g/mol. The van der Waals surface area contributed by atoms with E-state index in [2.05, 4.69) is 26.2 Å². The molecular formula is C13H10N4. The molecule has 0 atom stereocenters. The quantitative estimate of drug-likeness (QED) is 0.665. The zero-order chi connectivity index (χ0) is 11.5. The van der Waals surface area contributed by atoms with Gasteiger partial charge in [-0.25, -0.2) is 4.98 Å². The molecule has 0 N–H and O–H groups in total. The van der Waals surface area contributed by atoms with Crippen LogP contribution in [-0.4, -0.2) is 20.2 Å². The van der Waals surface area contributed by atoms with Crippen LogP contribution in [0.2, 0.25) is 0 Å². The molecule has 0 spiro atoms. The molecule has 3 aromatic rings. The lowest BCUT2D eigenvalue weighted by atomic mass is 10.2. The van der Waals surface area contributed by atoms with E-state index >= 15 is 0 Å². The number of nitrogens with zero attached hydrogens (tertiary/aromatic N) is 4. The van der Waals surface area contributed by atoms with Gasteiger partial charge in [-0.3, -0.25) is 4.98 Å². The minimum absolute atomic E-state index is 0.610. The van der Waals surface area contributed by atoms with E-state index in [0.29, 0.717) is 12.2 Å². The molecule has 0 amide bonds. The van der Waals surface area contributed by atoms with Crippen LogP contribution in [0, 0.1) is 0 Å². The van der Waals surface area contributed by atoms with Crippen molar-refractivity contribution in [3.8, 4) is 0 Å². The molecule has 3 rings (SSSR count). The first-order valence-electron chi connectivity index (χ1n) is 5.39. The van der Waals surface area contributed by atoms with Crippen molar-refractivity contribution >= 4 is 10.9 Å².